The highest BCUT2D eigenvalue weighted by Gasteiger charge is 2.30. The summed E-state index contributed by atoms with van der Waals surface area (Å²) in [7, 11) is 1.22. The molecule has 0 spiro atoms. The number of nitrogens with zero attached hydrogens (tertiary/aromatic N) is 3. The fourth-order valence-corrected chi connectivity index (χ4v) is 6.00. The Kier molecular flexibility index (Phi) is 5.71. The van der Waals surface area contributed by atoms with Crippen LogP contribution in [0.2, 0.25) is 0 Å². The largest absolute Gasteiger partial charge is 0.678 e. The molecule has 0 radical (unpaired) electrons. The monoisotopic (exact) mass is 503 g/mol. The zero-order valence-corrected chi connectivity index (χ0v) is 22.2. The van der Waals surface area contributed by atoms with Crippen LogP contribution in [0, 0.1) is 20.8 Å². The Bertz CT molecular complexity index is 1790. The average Bonchev–Trinajstić information content (AvgIpc) is 3.39. The Morgan fingerprint density at radius 1 is 0.789 bits per heavy atom. The zero-order chi connectivity index (χ0) is 26.7. The number of aliphatic imine (C=N–C) groups is 1. The number of aryl methyl sites for hydroxylation is 3. The van der Waals surface area contributed by atoms with Crippen LogP contribution in [-0.4, -0.2) is 36.6 Å². The van der Waals surface area contributed by atoms with Gasteiger partial charge in [0.1, 0.15) is 0 Å². The van der Waals surface area contributed by atoms with Crippen molar-refractivity contribution in [3.05, 3.63) is 112 Å². The van der Waals surface area contributed by atoms with Gasteiger partial charge in [-0.25, -0.2) is 4.99 Å². The summed E-state index contributed by atoms with van der Waals surface area (Å²) in [5.41, 5.74) is 10.9. The van der Waals surface area contributed by atoms with Crippen LogP contribution in [0.4, 0.5) is 8.63 Å². The van der Waals surface area contributed by atoms with E-state index in [2.05, 4.69) is 45.0 Å². The van der Waals surface area contributed by atoms with Crippen molar-refractivity contribution >= 4 is 40.6 Å². The predicted molar refractivity (Wildman–Crippen MR) is 156 cm³/mol. The molecule has 1 aliphatic rings. The van der Waals surface area contributed by atoms with Gasteiger partial charge in [0.05, 0.1) is 16.9 Å². The molecule has 5 aromatic rings. The molecule has 0 bridgehead atoms. The molecule has 1 aliphatic heterocycles. The summed E-state index contributed by atoms with van der Waals surface area (Å²) in [4.78, 5) is 7.02. The van der Waals surface area contributed by atoms with E-state index >= 15 is 0 Å². The SMILES string of the molecule is Cc1cc(C)c(-c2cc(C3=N/C(=C\N(C)C)c4ccccc43)c3c(c2)c2ccccc2n3B(F)F)c(C)c1. The van der Waals surface area contributed by atoms with Gasteiger partial charge in [-0.2, -0.15) is 0 Å². The first-order valence-corrected chi connectivity index (χ1v) is 12.7. The fourth-order valence-electron chi connectivity index (χ4n) is 6.00. The molecule has 0 amide bonds. The molecule has 0 fully saturated rings. The average molecular weight is 503 g/mol. The summed E-state index contributed by atoms with van der Waals surface area (Å²) in [6.45, 7) is 6.32. The number of para-hydroxylation sites is 1. The standard InChI is InChI=1S/C32H28BF2N3/c1-19-14-20(2)30(21(3)15-19)22-16-26-24-11-8-9-13-29(24)38(33(34)35)32(26)27(17-22)31-25-12-7-6-10-23(25)28(36-31)18-37(4)5/h6-18H,1-5H3/b28-18-. The van der Waals surface area contributed by atoms with Crippen LogP contribution in [0.1, 0.15) is 33.4 Å². The Morgan fingerprint density at radius 3 is 2.13 bits per heavy atom. The van der Waals surface area contributed by atoms with Crippen molar-refractivity contribution in [3.63, 3.8) is 0 Å². The molecular weight excluding hydrogens is 475 g/mol. The molecule has 0 unspecified atom stereocenters. The van der Waals surface area contributed by atoms with Gasteiger partial charge in [-0.15, -0.1) is 0 Å². The number of aromatic nitrogens is 1. The topological polar surface area (TPSA) is 20.5 Å². The summed E-state index contributed by atoms with van der Waals surface area (Å²) >= 11 is 0. The summed E-state index contributed by atoms with van der Waals surface area (Å²) < 4.78 is 30.7. The summed E-state index contributed by atoms with van der Waals surface area (Å²) in [5, 5.41) is 1.61. The zero-order valence-electron chi connectivity index (χ0n) is 22.2. The smallest absolute Gasteiger partial charge is 0.382 e. The predicted octanol–water partition coefficient (Wildman–Crippen LogP) is 7.87. The van der Waals surface area contributed by atoms with Crippen molar-refractivity contribution in [2.45, 2.75) is 20.8 Å². The molecule has 38 heavy (non-hydrogen) atoms. The molecule has 3 nitrogen and oxygen atoms in total. The molecule has 2 heterocycles. The Balaban J connectivity index is 1.78. The van der Waals surface area contributed by atoms with Gasteiger partial charge in [0.2, 0.25) is 0 Å². The van der Waals surface area contributed by atoms with Gasteiger partial charge in [-0.05, 0) is 61.2 Å². The van der Waals surface area contributed by atoms with Crippen molar-refractivity contribution in [2.24, 2.45) is 4.99 Å². The maximum Gasteiger partial charge on any atom is 0.678 e. The Morgan fingerprint density at radius 2 is 1.45 bits per heavy atom. The van der Waals surface area contributed by atoms with E-state index < -0.39 is 7.40 Å². The Labute approximate surface area is 221 Å². The number of benzene rings is 4. The van der Waals surface area contributed by atoms with E-state index in [0.717, 1.165) is 54.3 Å². The maximum atomic E-state index is 14.8. The van der Waals surface area contributed by atoms with Gasteiger partial charge in [0, 0.05) is 53.3 Å². The first-order chi connectivity index (χ1) is 18.2. The lowest BCUT2D eigenvalue weighted by atomic mass is 9.89. The molecule has 0 N–H and O–H groups in total. The lowest BCUT2D eigenvalue weighted by Gasteiger charge is -2.16. The lowest BCUT2D eigenvalue weighted by Crippen LogP contribution is -2.15. The van der Waals surface area contributed by atoms with Crippen LogP contribution < -0.4 is 0 Å². The van der Waals surface area contributed by atoms with Gasteiger partial charge >= 0.3 is 7.40 Å². The van der Waals surface area contributed by atoms with Crippen molar-refractivity contribution in [1.82, 2.24) is 9.38 Å². The van der Waals surface area contributed by atoms with Gasteiger partial charge in [0.15, 0.2) is 0 Å². The van der Waals surface area contributed by atoms with Crippen molar-refractivity contribution in [1.29, 1.82) is 0 Å². The second-order valence-electron chi connectivity index (χ2n) is 10.3. The molecule has 0 saturated carbocycles. The first-order valence-electron chi connectivity index (χ1n) is 12.7. The number of rotatable bonds is 4. The van der Waals surface area contributed by atoms with E-state index in [1.54, 1.807) is 6.07 Å². The third-order valence-electron chi connectivity index (χ3n) is 7.29. The van der Waals surface area contributed by atoms with E-state index in [9.17, 15) is 8.63 Å². The quantitative estimate of drug-likeness (QED) is 0.229. The van der Waals surface area contributed by atoms with E-state index in [4.69, 9.17) is 4.99 Å². The highest BCUT2D eigenvalue weighted by Crippen LogP contribution is 2.41. The molecular formula is C32H28BF2N3. The second kappa shape index (κ2) is 8.98. The van der Waals surface area contributed by atoms with Gasteiger partial charge < -0.3 is 9.38 Å². The normalized spacial score (nSPS) is 13.9. The highest BCUT2D eigenvalue weighted by atomic mass is 19.2. The van der Waals surface area contributed by atoms with Crippen LogP contribution in [0.25, 0.3) is 38.6 Å². The summed E-state index contributed by atoms with van der Waals surface area (Å²) in [5.74, 6) is 0. The van der Waals surface area contributed by atoms with Crippen molar-refractivity contribution < 1.29 is 8.63 Å². The molecule has 0 saturated heterocycles. The van der Waals surface area contributed by atoms with Crippen LogP contribution in [0.3, 0.4) is 0 Å². The Hall–Kier alpha value is -4.19. The molecule has 1 aromatic heterocycles. The third kappa shape index (κ3) is 3.75. The molecule has 0 atom stereocenters. The van der Waals surface area contributed by atoms with Crippen molar-refractivity contribution in [3.8, 4) is 11.1 Å². The molecule has 0 aliphatic carbocycles. The highest BCUT2D eigenvalue weighted by molar-refractivity contribution is 6.46. The van der Waals surface area contributed by atoms with E-state index in [1.807, 2.05) is 67.7 Å². The van der Waals surface area contributed by atoms with Gasteiger partial charge in [0.25, 0.3) is 0 Å². The number of fused-ring (bicyclic) bond motifs is 4. The molecule has 4 aromatic carbocycles. The minimum atomic E-state index is -2.70. The lowest BCUT2D eigenvalue weighted by molar-refractivity contribution is 0.565. The first kappa shape index (κ1) is 24.2. The molecule has 6 rings (SSSR count). The molecule has 188 valence electrons. The maximum absolute atomic E-state index is 14.8. The fraction of sp³-hybridized carbons (Fsp3) is 0.156. The second-order valence-corrected chi connectivity index (χ2v) is 10.3. The minimum Gasteiger partial charge on any atom is -0.382 e. The van der Waals surface area contributed by atoms with Gasteiger partial charge in [-0.3, -0.25) is 8.63 Å². The number of hydrogen-bond donors (Lipinski definition) is 0. The van der Waals surface area contributed by atoms with Crippen LogP contribution >= 0.6 is 0 Å². The van der Waals surface area contributed by atoms with Crippen LogP contribution in [0.5, 0.6) is 0 Å². The third-order valence-corrected chi connectivity index (χ3v) is 7.29. The summed E-state index contributed by atoms with van der Waals surface area (Å²) in [6.07, 6.45) is 1.98. The number of hydrogen-bond acceptors (Lipinski definition) is 2. The molecule has 6 heteroatoms. The van der Waals surface area contributed by atoms with E-state index in [0.29, 0.717) is 22.3 Å². The van der Waals surface area contributed by atoms with E-state index in [-0.39, 0.29) is 0 Å². The minimum absolute atomic E-state index is 0.507. The van der Waals surface area contributed by atoms with Crippen LogP contribution in [-0.2, 0) is 0 Å². The summed E-state index contributed by atoms with van der Waals surface area (Å²) in [6, 6.07) is 23.9. The van der Waals surface area contributed by atoms with Gasteiger partial charge in [-0.1, -0.05) is 60.2 Å². The van der Waals surface area contributed by atoms with Crippen LogP contribution in [0.15, 0.2) is 84.0 Å². The number of halogens is 2. The van der Waals surface area contributed by atoms with E-state index in [1.165, 1.54) is 5.56 Å². The van der Waals surface area contributed by atoms with Crippen molar-refractivity contribution in [2.75, 3.05) is 14.1 Å².